The van der Waals surface area contributed by atoms with Crippen molar-refractivity contribution in [1.82, 2.24) is 0 Å². The molecule has 84 valence electrons. The first-order valence-corrected chi connectivity index (χ1v) is 4.03. The average molecular weight is 206 g/mol. The number of ether oxygens (including phenoxy) is 1. The van der Waals surface area contributed by atoms with Gasteiger partial charge in [0.05, 0.1) is 0 Å². The zero-order valence-corrected chi connectivity index (χ0v) is 8.90. The highest BCUT2D eigenvalue weighted by atomic mass is 16.6. The number of amides is 1. The quantitative estimate of drug-likeness (QED) is 0.570. The van der Waals surface area contributed by atoms with E-state index in [1.54, 1.807) is 20.8 Å². The maximum absolute atomic E-state index is 10.0. The van der Waals surface area contributed by atoms with Gasteiger partial charge in [0.25, 0.3) is 0 Å². The summed E-state index contributed by atoms with van der Waals surface area (Å²) in [6.07, 6.45) is -0.725. The summed E-state index contributed by atoms with van der Waals surface area (Å²) in [5, 5.41) is 7.87. The van der Waals surface area contributed by atoms with Gasteiger partial charge in [-0.05, 0) is 27.7 Å². The van der Waals surface area contributed by atoms with E-state index in [1.165, 1.54) is 6.92 Å². The average Bonchev–Trinajstić information content (AvgIpc) is 1.81. The minimum absolute atomic E-state index is 0.453. The molecule has 0 radical (unpaired) electrons. The predicted molar refractivity (Wildman–Crippen MR) is 51.7 cm³/mol. The molecule has 0 spiro atoms. The molecule has 1 atom stereocenters. The molecule has 0 rings (SSSR count). The van der Waals surface area contributed by atoms with Gasteiger partial charge in [-0.25, -0.2) is 4.79 Å². The molecule has 0 aliphatic heterocycles. The van der Waals surface area contributed by atoms with Gasteiger partial charge in [0.2, 0.25) is 0 Å². The van der Waals surface area contributed by atoms with Crippen molar-refractivity contribution < 1.29 is 19.4 Å². The van der Waals surface area contributed by atoms with Crippen LogP contribution in [0.25, 0.3) is 0 Å². The Morgan fingerprint density at radius 2 is 1.64 bits per heavy atom. The van der Waals surface area contributed by atoms with Gasteiger partial charge in [0, 0.05) is 0 Å². The molecule has 14 heavy (non-hydrogen) atoms. The van der Waals surface area contributed by atoms with E-state index in [0.717, 1.165) is 0 Å². The molecule has 0 unspecified atom stereocenters. The molecule has 6 heteroatoms. The molecule has 0 bridgehead atoms. The van der Waals surface area contributed by atoms with E-state index < -0.39 is 23.7 Å². The van der Waals surface area contributed by atoms with E-state index >= 15 is 0 Å². The Balaban J connectivity index is 0. The van der Waals surface area contributed by atoms with Gasteiger partial charge >= 0.3 is 12.1 Å². The maximum atomic E-state index is 10.0. The van der Waals surface area contributed by atoms with Crippen molar-refractivity contribution in [2.75, 3.05) is 0 Å². The van der Waals surface area contributed by atoms with Gasteiger partial charge in [0.1, 0.15) is 11.6 Å². The van der Waals surface area contributed by atoms with Crippen molar-refractivity contribution in [2.24, 2.45) is 11.5 Å². The summed E-state index contributed by atoms with van der Waals surface area (Å²) in [6, 6.07) is -0.731. The lowest BCUT2D eigenvalue weighted by Crippen LogP contribution is -2.27. The second kappa shape index (κ2) is 6.20. The number of carboxylic acids is 1. The molecule has 0 heterocycles. The fourth-order valence-electron chi connectivity index (χ4n) is 0.302. The zero-order chi connectivity index (χ0) is 11.9. The lowest BCUT2D eigenvalue weighted by atomic mass is 10.2. The summed E-state index contributed by atoms with van der Waals surface area (Å²) in [7, 11) is 0. The van der Waals surface area contributed by atoms with Crippen LogP contribution in [0.3, 0.4) is 0 Å². The first-order chi connectivity index (χ1) is 6.06. The van der Waals surface area contributed by atoms with Crippen LogP contribution < -0.4 is 11.5 Å². The normalized spacial score (nSPS) is 12.1. The third-order valence-electron chi connectivity index (χ3n) is 0.796. The first-order valence-electron chi connectivity index (χ1n) is 4.03. The third-order valence-corrected chi connectivity index (χ3v) is 0.796. The summed E-state index contributed by atoms with van der Waals surface area (Å²) in [6.45, 7) is 6.70. The molecule has 0 aromatic carbocycles. The Bertz CT molecular complexity index is 196. The smallest absolute Gasteiger partial charge is 0.405 e. The number of carbonyl (C=O) groups excluding carboxylic acids is 1. The molecule has 0 aliphatic carbocycles. The van der Waals surface area contributed by atoms with E-state index in [2.05, 4.69) is 4.74 Å². The van der Waals surface area contributed by atoms with Crippen LogP contribution in [-0.4, -0.2) is 28.8 Å². The minimum Gasteiger partial charge on any atom is -0.480 e. The summed E-state index contributed by atoms with van der Waals surface area (Å²) < 4.78 is 4.58. The van der Waals surface area contributed by atoms with Crippen LogP contribution in [0.2, 0.25) is 0 Å². The van der Waals surface area contributed by atoms with Crippen molar-refractivity contribution in [2.45, 2.75) is 39.3 Å². The second-order valence-electron chi connectivity index (χ2n) is 3.66. The molecule has 0 saturated heterocycles. The summed E-state index contributed by atoms with van der Waals surface area (Å²) in [4.78, 5) is 19.6. The molecule has 5 N–H and O–H groups in total. The van der Waals surface area contributed by atoms with Crippen LogP contribution in [0.1, 0.15) is 27.7 Å². The number of hydrogen-bond donors (Lipinski definition) is 3. The highest BCUT2D eigenvalue weighted by molar-refractivity contribution is 5.72. The summed E-state index contributed by atoms with van der Waals surface area (Å²) >= 11 is 0. The Hall–Kier alpha value is -1.30. The van der Waals surface area contributed by atoms with E-state index in [4.69, 9.17) is 16.6 Å². The van der Waals surface area contributed by atoms with Crippen LogP contribution >= 0.6 is 0 Å². The van der Waals surface area contributed by atoms with E-state index in [1.807, 2.05) is 0 Å². The van der Waals surface area contributed by atoms with Crippen LogP contribution in [0.4, 0.5) is 4.79 Å². The largest absolute Gasteiger partial charge is 0.480 e. The van der Waals surface area contributed by atoms with Crippen LogP contribution in [0.15, 0.2) is 0 Å². The molecular weight excluding hydrogens is 188 g/mol. The molecule has 0 aromatic heterocycles. The maximum Gasteiger partial charge on any atom is 0.405 e. The lowest BCUT2D eigenvalue weighted by molar-refractivity contribution is -0.138. The Labute approximate surface area is 83.2 Å². The number of primary amides is 1. The highest BCUT2D eigenvalue weighted by Crippen LogP contribution is 2.04. The van der Waals surface area contributed by atoms with Crippen molar-refractivity contribution in [3.8, 4) is 0 Å². The van der Waals surface area contributed by atoms with Gasteiger partial charge in [-0.15, -0.1) is 0 Å². The van der Waals surface area contributed by atoms with Crippen LogP contribution in [0.5, 0.6) is 0 Å². The fourth-order valence-corrected chi connectivity index (χ4v) is 0.302. The Morgan fingerprint density at radius 1 is 1.36 bits per heavy atom. The minimum atomic E-state index is -0.963. The van der Waals surface area contributed by atoms with Crippen LogP contribution in [0, 0.1) is 0 Å². The van der Waals surface area contributed by atoms with E-state index in [-0.39, 0.29) is 0 Å². The fraction of sp³-hybridized carbons (Fsp3) is 0.750. The third kappa shape index (κ3) is 17.0. The summed E-state index contributed by atoms with van der Waals surface area (Å²) in [5.74, 6) is -0.963. The van der Waals surface area contributed by atoms with Crippen molar-refractivity contribution in [1.29, 1.82) is 0 Å². The van der Waals surface area contributed by atoms with Crippen LogP contribution in [-0.2, 0) is 9.53 Å². The topological polar surface area (TPSA) is 116 Å². The molecule has 6 nitrogen and oxygen atoms in total. The molecule has 0 fully saturated rings. The van der Waals surface area contributed by atoms with Crippen molar-refractivity contribution >= 4 is 12.1 Å². The lowest BCUT2D eigenvalue weighted by Gasteiger charge is -2.16. The van der Waals surface area contributed by atoms with E-state index in [9.17, 15) is 9.59 Å². The summed E-state index contributed by atoms with van der Waals surface area (Å²) in [5.41, 5.74) is 9.10. The van der Waals surface area contributed by atoms with Crippen molar-refractivity contribution in [3.63, 3.8) is 0 Å². The number of carboxylic acid groups (broad SMARTS) is 1. The zero-order valence-electron chi connectivity index (χ0n) is 8.90. The Kier molecular flexibility index (Phi) is 6.72. The number of hydrogen-bond acceptors (Lipinski definition) is 4. The molecule has 1 amide bonds. The number of rotatable bonds is 1. The van der Waals surface area contributed by atoms with Gasteiger partial charge in [-0.3, -0.25) is 4.79 Å². The second-order valence-corrected chi connectivity index (χ2v) is 3.66. The van der Waals surface area contributed by atoms with Gasteiger partial charge in [-0.1, -0.05) is 0 Å². The first kappa shape index (κ1) is 15.2. The van der Waals surface area contributed by atoms with Crippen molar-refractivity contribution in [3.05, 3.63) is 0 Å². The molecule has 0 aromatic rings. The van der Waals surface area contributed by atoms with Gasteiger partial charge < -0.3 is 21.3 Å². The number of nitrogens with two attached hydrogens (primary N) is 2. The highest BCUT2D eigenvalue weighted by Gasteiger charge is 2.12. The molecular formula is C8H18N2O4. The van der Waals surface area contributed by atoms with Gasteiger partial charge in [-0.2, -0.15) is 0 Å². The predicted octanol–water partition coefficient (Wildman–Crippen LogP) is 0.298. The number of aliphatic carboxylic acids is 1. The molecule has 0 aliphatic rings. The number of carbonyl (C=O) groups is 2. The van der Waals surface area contributed by atoms with Gasteiger partial charge in [0.15, 0.2) is 0 Å². The molecule has 0 saturated carbocycles. The monoisotopic (exact) mass is 206 g/mol. The SMILES string of the molecule is CC(C)(C)OC(N)=O.C[C@H](N)C(=O)O. The standard InChI is InChI=1S/C5H11NO2.C3H7NO2/c1-5(2,3)8-4(6)7;1-2(4)3(5)6/h1-3H3,(H2,6,7);2H,4H2,1H3,(H,5,6)/t;2-/m.0/s1. The Morgan fingerprint density at radius 3 is 1.64 bits per heavy atom. The van der Waals surface area contributed by atoms with E-state index in [0.29, 0.717) is 0 Å².